The predicted molar refractivity (Wildman–Crippen MR) is 81.6 cm³/mol. The van der Waals surface area contributed by atoms with Crippen LogP contribution in [0.2, 0.25) is 0 Å². The van der Waals surface area contributed by atoms with Gasteiger partial charge in [0.2, 0.25) is 18.2 Å². The number of rotatable bonds is 4. The van der Waals surface area contributed by atoms with Crippen LogP contribution in [0, 0.1) is 11.8 Å². The smallest absolute Gasteiger partial charge is 0.211 e. The SMILES string of the molecule is O=C=NC1CCC(C2CCCCC2)CC1.O=C=NCN=C=O. The van der Waals surface area contributed by atoms with Crippen molar-refractivity contribution in [1.29, 1.82) is 0 Å². The summed E-state index contributed by atoms with van der Waals surface area (Å²) in [5.74, 6) is 1.92. The quantitative estimate of drug-likeness (QED) is 0.590. The Labute approximate surface area is 130 Å². The van der Waals surface area contributed by atoms with E-state index in [1.54, 1.807) is 6.08 Å². The first kappa shape index (κ1) is 18.2. The lowest BCUT2D eigenvalue weighted by atomic mass is 9.72. The first-order chi connectivity index (χ1) is 10.8. The molecule has 2 saturated carbocycles. The van der Waals surface area contributed by atoms with Gasteiger partial charge in [-0.05, 0) is 37.5 Å². The third-order valence-electron chi connectivity index (χ3n) is 4.56. The van der Waals surface area contributed by atoms with Crippen LogP contribution in [0.5, 0.6) is 0 Å². The molecule has 6 nitrogen and oxygen atoms in total. The lowest BCUT2D eigenvalue weighted by Gasteiger charge is -2.34. The summed E-state index contributed by atoms with van der Waals surface area (Å²) in [4.78, 5) is 38.3. The normalized spacial score (nSPS) is 24.5. The van der Waals surface area contributed by atoms with Gasteiger partial charge in [0.1, 0.15) is 0 Å². The molecular weight excluding hydrogens is 282 g/mol. The number of aliphatic imine (C=N–C) groups is 3. The van der Waals surface area contributed by atoms with Gasteiger partial charge in [-0.15, -0.1) is 0 Å². The van der Waals surface area contributed by atoms with Crippen molar-refractivity contribution in [1.82, 2.24) is 0 Å². The van der Waals surface area contributed by atoms with Crippen molar-refractivity contribution in [3.8, 4) is 0 Å². The Kier molecular flexibility index (Phi) is 9.73. The van der Waals surface area contributed by atoms with E-state index in [1.807, 2.05) is 0 Å². The van der Waals surface area contributed by atoms with Gasteiger partial charge in [0, 0.05) is 0 Å². The molecule has 0 amide bonds. The maximum atomic E-state index is 10.2. The molecule has 0 heterocycles. The largest absolute Gasteiger partial charge is 0.236 e. The Hall–Kier alpha value is -1.86. The van der Waals surface area contributed by atoms with E-state index in [9.17, 15) is 14.4 Å². The minimum Gasteiger partial charge on any atom is -0.211 e. The van der Waals surface area contributed by atoms with E-state index < -0.39 is 0 Å². The van der Waals surface area contributed by atoms with Gasteiger partial charge in [0.05, 0.1) is 6.04 Å². The Morgan fingerprint density at radius 1 is 0.682 bits per heavy atom. The summed E-state index contributed by atoms with van der Waals surface area (Å²) in [6.45, 7) is -0.160. The van der Waals surface area contributed by atoms with E-state index in [-0.39, 0.29) is 6.67 Å². The van der Waals surface area contributed by atoms with Crippen LogP contribution in [0.3, 0.4) is 0 Å². The van der Waals surface area contributed by atoms with Crippen LogP contribution < -0.4 is 0 Å². The number of carbonyl (C=O) groups excluding carboxylic acids is 3. The molecule has 0 atom stereocenters. The molecule has 0 unspecified atom stereocenters. The third kappa shape index (κ3) is 7.24. The first-order valence-corrected chi connectivity index (χ1v) is 7.96. The molecule has 0 bridgehead atoms. The number of isocyanates is 3. The highest BCUT2D eigenvalue weighted by Crippen LogP contribution is 2.38. The molecule has 6 heteroatoms. The van der Waals surface area contributed by atoms with Crippen molar-refractivity contribution in [2.24, 2.45) is 26.8 Å². The Balaban J connectivity index is 0.000000295. The summed E-state index contributed by atoms with van der Waals surface area (Å²) in [5.41, 5.74) is 0. The van der Waals surface area contributed by atoms with E-state index in [4.69, 9.17) is 0 Å². The van der Waals surface area contributed by atoms with Crippen molar-refractivity contribution in [2.75, 3.05) is 6.67 Å². The molecule has 0 saturated heterocycles. The second-order valence-electron chi connectivity index (χ2n) is 5.83. The molecule has 2 rings (SSSR count). The topological polar surface area (TPSA) is 88.3 Å². The highest BCUT2D eigenvalue weighted by atomic mass is 16.1. The second kappa shape index (κ2) is 11.8. The van der Waals surface area contributed by atoms with Crippen molar-refractivity contribution in [2.45, 2.75) is 63.8 Å². The Morgan fingerprint density at radius 3 is 1.73 bits per heavy atom. The fourth-order valence-corrected chi connectivity index (χ4v) is 3.48. The monoisotopic (exact) mass is 305 g/mol. The number of hydrogen-bond acceptors (Lipinski definition) is 6. The van der Waals surface area contributed by atoms with Gasteiger partial charge in [0.25, 0.3) is 0 Å². The average molecular weight is 305 g/mol. The zero-order chi connectivity index (χ0) is 16.0. The van der Waals surface area contributed by atoms with Crippen LogP contribution in [0.15, 0.2) is 15.0 Å². The summed E-state index contributed by atoms with van der Waals surface area (Å²) in [5, 5.41) is 0. The van der Waals surface area contributed by atoms with Crippen LogP contribution in [0.4, 0.5) is 0 Å². The van der Waals surface area contributed by atoms with Gasteiger partial charge in [0.15, 0.2) is 6.67 Å². The van der Waals surface area contributed by atoms with Crippen molar-refractivity contribution >= 4 is 18.2 Å². The van der Waals surface area contributed by atoms with Crippen molar-refractivity contribution < 1.29 is 14.4 Å². The van der Waals surface area contributed by atoms with Crippen LogP contribution >= 0.6 is 0 Å². The molecule has 0 aromatic carbocycles. The number of nitrogens with zero attached hydrogens (tertiary/aromatic N) is 3. The molecular formula is C16H23N3O3. The molecule has 2 aliphatic rings. The highest BCUT2D eigenvalue weighted by molar-refractivity contribution is 5.35. The lowest BCUT2D eigenvalue weighted by Crippen LogP contribution is -2.24. The highest BCUT2D eigenvalue weighted by Gasteiger charge is 2.28. The van der Waals surface area contributed by atoms with Crippen molar-refractivity contribution in [3.63, 3.8) is 0 Å². The van der Waals surface area contributed by atoms with Crippen LogP contribution in [0.25, 0.3) is 0 Å². The fourth-order valence-electron chi connectivity index (χ4n) is 3.48. The summed E-state index contributed by atoms with van der Waals surface area (Å²) in [6.07, 6.45) is 16.2. The minimum atomic E-state index is -0.160. The standard InChI is InChI=1S/C13H21NO.C3H2N2O2/c15-10-14-13-8-6-12(7-9-13)11-4-2-1-3-5-11;6-2-4-1-5-3-7/h11-13H,1-9H2;1H2. The minimum absolute atomic E-state index is 0.160. The lowest BCUT2D eigenvalue weighted by molar-refractivity contribution is 0.187. The van der Waals surface area contributed by atoms with E-state index in [1.165, 1.54) is 57.1 Å². The van der Waals surface area contributed by atoms with Gasteiger partial charge in [-0.25, -0.2) is 19.4 Å². The molecule has 0 aromatic rings. The summed E-state index contributed by atoms with van der Waals surface area (Å²) >= 11 is 0. The zero-order valence-electron chi connectivity index (χ0n) is 12.9. The van der Waals surface area contributed by atoms with E-state index in [0.717, 1.165) is 24.7 Å². The van der Waals surface area contributed by atoms with E-state index in [2.05, 4.69) is 15.0 Å². The maximum absolute atomic E-state index is 10.2. The van der Waals surface area contributed by atoms with Gasteiger partial charge in [-0.1, -0.05) is 32.1 Å². The third-order valence-corrected chi connectivity index (χ3v) is 4.56. The van der Waals surface area contributed by atoms with Gasteiger partial charge < -0.3 is 0 Å². The van der Waals surface area contributed by atoms with Crippen LogP contribution in [0.1, 0.15) is 57.8 Å². The van der Waals surface area contributed by atoms with Crippen LogP contribution in [-0.2, 0) is 14.4 Å². The zero-order valence-corrected chi connectivity index (χ0v) is 12.9. The first-order valence-electron chi connectivity index (χ1n) is 7.96. The van der Waals surface area contributed by atoms with Crippen LogP contribution in [-0.4, -0.2) is 31.0 Å². The number of hydrogen-bond donors (Lipinski definition) is 0. The van der Waals surface area contributed by atoms with E-state index in [0.29, 0.717) is 6.04 Å². The maximum Gasteiger partial charge on any atom is 0.236 e. The summed E-state index contributed by atoms with van der Waals surface area (Å²) in [6, 6.07) is 0.294. The summed E-state index contributed by atoms with van der Waals surface area (Å²) in [7, 11) is 0. The Bertz CT molecular complexity index is 431. The molecule has 22 heavy (non-hydrogen) atoms. The van der Waals surface area contributed by atoms with Gasteiger partial charge in [-0.3, -0.25) is 0 Å². The molecule has 0 spiro atoms. The molecule has 0 radical (unpaired) electrons. The molecule has 2 fully saturated rings. The summed E-state index contributed by atoms with van der Waals surface area (Å²) < 4.78 is 0. The van der Waals surface area contributed by atoms with Gasteiger partial charge in [-0.2, -0.15) is 9.98 Å². The molecule has 120 valence electrons. The average Bonchev–Trinajstić information content (AvgIpc) is 2.58. The molecule has 2 aliphatic carbocycles. The molecule has 0 aliphatic heterocycles. The molecule has 0 N–H and O–H groups in total. The van der Waals surface area contributed by atoms with Gasteiger partial charge >= 0.3 is 0 Å². The second-order valence-corrected chi connectivity index (χ2v) is 5.83. The van der Waals surface area contributed by atoms with Crippen molar-refractivity contribution in [3.05, 3.63) is 0 Å². The fraction of sp³-hybridized carbons (Fsp3) is 0.812. The molecule has 0 aromatic heterocycles. The predicted octanol–water partition coefficient (Wildman–Crippen LogP) is 3.08. The Morgan fingerprint density at radius 2 is 1.23 bits per heavy atom. The van der Waals surface area contributed by atoms with E-state index >= 15 is 0 Å².